The number of hydrogen-bond donors (Lipinski definition) is 1. The summed E-state index contributed by atoms with van der Waals surface area (Å²) < 4.78 is 7.41. The number of aliphatic hydroxyl groups excluding tert-OH is 1. The van der Waals surface area contributed by atoms with Gasteiger partial charge in [-0.2, -0.15) is 5.10 Å². The van der Waals surface area contributed by atoms with Gasteiger partial charge < -0.3 is 9.84 Å². The largest absolute Gasteiger partial charge is 0.388 e. The van der Waals surface area contributed by atoms with E-state index in [1.54, 1.807) is 10.9 Å². The first kappa shape index (κ1) is 14.3. The predicted octanol–water partition coefficient (Wildman–Crippen LogP) is 3.26. The first-order valence-corrected chi connectivity index (χ1v) is 7.72. The Hall–Kier alpha value is -1.65. The number of ether oxygens (including phenoxy) is 1. The van der Waals surface area contributed by atoms with Crippen molar-refractivity contribution in [1.82, 2.24) is 9.78 Å². The van der Waals surface area contributed by atoms with Crippen molar-refractivity contribution in [2.45, 2.75) is 44.3 Å². The molecule has 2 atom stereocenters. The molecular formula is C17H22N2O2. The molecule has 1 N–H and O–H groups in total. The number of benzene rings is 1. The van der Waals surface area contributed by atoms with E-state index in [4.69, 9.17) is 4.74 Å². The molecule has 4 heteroatoms. The number of para-hydroxylation sites is 1. The highest BCUT2D eigenvalue weighted by atomic mass is 16.5. The van der Waals surface area contributed by atoms with Gasteiger partial charge in [0.1, 0.15) is 0 Å². The molecule has 2 heterocycles. The molecule has 1 aliphatic rings. The normalized spacial score (nSPS) is 19.8. The van der Waals surface area contributed by atoms with Gasteiger partial charge in [-0.15, -0.1) is 0 Å². The Labute approximate surface area is 125 Å². The molecule has 21 heavy (non-hydrogen) atoms. The second-order valence-electron chi connectivity index (χ2n) is 5.64. The minimum atomic E-state index is -0.441. The van der Waals surface area contributed by atoms with Crippen molar-refractivity contribution in [2.75, 3.05) is 6.61 Å². The third-order valence-electron chi connectivity index (χ3n) is 4.04. The van der Waals surface area contributed by atoms with Gasteiger partial charge in [-0.1, -0.05) is 18.2 Å². The van der Waals surface area contributed by atoms with Crippen LogP contribution in [0.1, 0.15) is 43.8 Å². The first-order valence-electron chi connectivity index (χ1n) is 7.72. The summed E-state index contributed by atoms with van der Waals surface area (Å²) >= 11 is 0. The lowest BCUT2D eigenvalue weighted by Crippen LogP contribution is -2.05. The second-order valence-corrected chi connectivity index (χ2v) is 5.64. The van der Waals surface area contributed by atoms with Crippen LogP contribution in [0.15, 0.2) is 42.7 Å². The zero-order valence-electron chi connectivity index (χ0n) is 12.2. The van der Waals surface area contributed by atoms with Crippen LogP contribution < -0.4 is 0 Å². The SMILES string of the molecule is OC(CCCC1CCCO1)c1cnn(-c2ccccc2)c1. The maximum absolute atomic E-state index is 10.3. The fourth-order valence-electron chi connectivity index (χ4n) is 2.81. The summed E-state index contributed by atoms with van der Waals surface area (Å²) in [6.07, 6.45) is 8.77. The molecule has 1 aromatic heterocycles. The summed E-state index contributed by atoms with van der Waals surface area (Å²) in [5.41, 5.74) is 1.89. The van der Waals surface area contributed by atoms with E-state index in [0.29, 0.717) is 6.10 Å². The number of aromatic nitrogens is 2. The number of hydrogen-bond acceptors (Lipinski definition) is 3. The lowest BCUT2D eigenvalue weighted by Gasteiger charge is -2.11. The molecule has 0 amide bonds. The highest BCUT2D eigenvalue weighted by Gasteiger charge is 2.16. The molecule has 0 bridgehead atoms. The molecule has 2 aromatic rings. The van der Waals surface area contributed by atoms with Crippen LogP contribution in [0.4, 0.5) is 0 Å². The Bertz CT molecular complexity index is 547. The molecule has 1 saturated heterocycles. The van der Waals surface area contributed by atoms with Crippen LogP contribution in [-0.2, 0) is 4.74 Å². The summed E-state index contributed by atoms with van der Waals surface area (Å²) in [4.78, 5) is 0. The molecule has 2 unspecified atom stereocenters. The molecular weight excluding hydrogens is 264 g/mol. The van der Waals surface area contributed by atoms with Crippen LogP contribution in [0.2, 0.25) is 0 Å². The monoisotopic (exact) mass is 286 g/mol. The minimum Gasteiger partial charge on any atom is -0.388 e. The maximum Gasteiger partial charge on any atom is 0.0820 e. The third kappa shape index (κ3) is 3.71. The minimum absolute atomic E-state index is 0.407. The molecule has 3 rings (SSSR count). The Morgan fingerprint density at radius 1 is 1.33 bits per heavy atom. The summed E-state index contributed by atoms with van der Waals surface area (Å²) in [5, 5.41) is 14.6. The summed E-state index contributed by atoms with van der Waals surface area (Å²) in [6.45, 7) is 0.900. The van der Waals surface area contributed by atoms with Gasteiger partial charge in [-0.05, 0) is 44.2 Å². The van der Waals surface area contributed by atoms with Crippen molar-refractivity contribution >= 4 is 0 Å². The molecule has 0 saturated carbocycles. The third-order valence-corrected chi connectivity index (χ3v) is 4.04. The van der Waals surface area contributed by atoms with Crippen molar-refractivity contribution in [3.8, 4) is 5.69 Å². The molecule has 1 fully saturated rings. The molecule has 0 aliphatic carbocycles. The molecule has 1 aromatic carbocycles. The van der Waals surface area contributed by atoms with Crippen molar-refractivity contribution in [1.29, 1.82) is 0 Å². The Morgan fingerprint density at radius 3 is 2.95 bits per heavy atom. The average molecular weight is 286 g/mol. The van der Waals surface area contributed by atoms with Crippen LogP contribution in [0, 0.1) is 0 Å². The standard InChI is InChI=1S/C17H22N2O2/c20-17(10-4-8-16-9-5-11-21-16)14-12-18-19(13-14)15-6-2-1-3-7-15/h1-3,6-7,12-13,16-17,20H,4-5,8-11H2. The van der Waals surface area contributed by atoms with E-state index in [0.717, 1.165) is 37.1 Å². The van der Waals surface area contributed by atoms with E-state index < -0.39 is 6.10 Å². The smallest absolute Gasteiger partial charge is 0.0820 e. The van der Waals surface area contributed by atoms with E-state index in [9.17, 15) is 5.11 Å². The second kappa shape index (κ2) is 6.87. The lowest BCUT2D eigenvalue weighted by molar-refractivity contribution is 0.0944. The van der Waals surface area contributed by atoms with Gasteiger partial charge in [-0.3, -0.25) is 0 Å². The van der Waals surface area contributed by atoms with Crippen LogP contribution >= 0.6 is 0 Å². The van der Waals surface area contributed by atoms with Gasteiger partial charge >= 0.3 is 0 Å². The quantitative estimate of drug-likeness (QED) is 0.886. The fraction of sp³-hybridized carbons (Fsp3) is 0.471. The van der Waals surface area contributed by atoms with Gasteiger partial charge in [0.05, 0.1) is 24.1 Å². The lowest BCUT2D eigenvalue weighted by atomic mass is 10.0. The van der Waals surface area contributed by atoms with E-state index in [1.165, 1.54) is 12.8 Å². The van der Waals surface area contributed by atoms with Crippen molar-refractivity contribution in [3.63, 3.8) is 0 Å². The number of nitrogens with zero attached hydrogens (tertiary/aromatic N) is 2. The molecule has 0 spiro atoms. The van der Waals surface area contributed by atoms with E-state index in [2.05, 4.69) is 5.10 Å². The molecule has 4 nitrogen and oxygen atoms in total. The molecule has 112 valence electrons. The van der Waals surface area contributed by atoms with Gasteiger partial charge in [0.25, 0.3) is 0 Å². The first-order chi connectivity index (χ1) is 10.3. The van der Waals surface area contributed by atoms with E-state index >= 15 is 0 Å². The summed E-state index contributed by atoms with van der Waals surface area (Å²) in [5.74, 6) is 0. The fourth-order valence-corrected chi connectivity index (χ4v) is 2.81. The highest BCUT2D eigenvalue weighted by Crippen LogP contribution is 2.23. The van der Waals surface area contributed by atoms with Gasteiger partial charge in [0, 0.05) is 18.4 Å². The van der Waals surface area contributed by atoms with Crippen molar-refractivity contribution in [3.05, 3.63) is 48.3 Å². The Balaban J connectivity index is 1.53. The number of rotatable bonds is 6. The van der Waals surface area contributed by atoms with Crippen LogP contribution in [0.3, 0.4) is 0 Å². The Morgan fingerprint density at radius 2 is 2.19 bits per heavy atom. The Kier molecular flexibility index (Phi) is 4.68. The van der Waals surface area contributed by atoms with Crippen LogP contribution in [0.25, 0.3) is 5.69 Å². The molecule has 0 radical (unpaired) electrons. The van der Waals surface area contributed by atoms with Crippen molar-refractivity contribution in [2.24, 2.45) is 0 Å². The van der Waals surface area contributed by atoms with E-state index in [-0.39, 0.29) is 0 Å². The predicted molar refractivity (Wildman–Crippen MR) is 81.3 cm³/mol. The van der Waals surface area contributed by atoms with Gasteiger partial charge in [0.2, 0.25) is 0 Å². The van der Waals surface area contributed by atoms with E-state index in [1.807, 2.05) is 36.5 Å². The summed E-state index contributed by atoms with van der Waals surface area (Å²) in [7, 11) is 0. The van der Waals surface area contributed by atoms with Gasteiger partial charge in [-0.25, -0.2) is 4.68 Å². The summed E-state index contributed by atoms with van der Waals surface area (Å²) in [6, 6.07) is 9.94. The van der Waals surface area contributed by atoms with Crippen molar-refractivity contribution < 1.29 is 9.84 Å². The zero-order chi connectivity index (χ0) is 14.5. The van der Waals surface area contributed by atoms with Crippen LogP contribution in [-0.4, -0.2) is 27.6 Å². The molecule has 1 aliphatic heterocycles. The maximum atomic E-state index is 10.3. The number of aliphatic hydroxyl groups is 1. The van der Waals surface area contributed by atoms with Gasteiger partial charge in [0.15, 0.2) is 0 Å². The van der Waals surface area contributed by atoms with Crippen LogP contribution in [0.5, 0.6) is 0 Å². The highest BCUT2D eigenvalue weighted by molar-refractivity contribution is 5.31. The zero-order valence-corrected chi connectivity index (χ0v) is 12.2. The average Bonchev–Trinajstić information content (AvgIpc) is 3.20. The topological polar surface area (TPSA) is 47.3 Å².